The van der Waals surface area contributed by atoms with Gasteiger partial charge in [-0.25, -0.2) is 0 Å². The van der Waals surface area contributed by atoms with Crippen LogP contribution < -0.4 is 10.5 Å². The SMILES string of the molecule is Cc1cc(OC(C)C)c(C(=N)N)c(C)n1. The van der Waals surface area contributed by atoms with Gasteiger partial charge in [0.25, 0.3) is 0 Å². The molecule has 0 radical (unpaired) electrons. The average molecular weight is 207 g/mol. The molecule has 15 heavy (non-hydrogen) atoms. The largest absolute Gasteiger partial charge is 0.490 e. The highest BCUT2D eigenvalue weighted by Crippen LogP contribution is 2.22. The maximum atomic E-state index is 7.49. The number of ether oxygens (including phenoxy) is 1. The second-order valence-electron chi connectivity index (χ2n) is 3.80. The molecule has 0 amide bonds. The van der Waals surface area contributed by atoms with Crippen molar-refractivity contribution in [2.45, 2.75) is 33.8 Å². The van der Waals surface area contributed by atoms with Gasteiger partial charge in [0.2, 0.25) is 0 Å². The molecule has 0 aliphatic rings. The van der Waals surface area contributed by atoms with Gasteiger partial charge >= 0.3 is 0 Å². The fourth-order valence-corrected chi connectivity index (χ4v) is 1.47. The van der Waals surface area contributed by atoms with Gasteiger partial charge in [0, 0.05) is 11.8 Å². The van der Waals surface area contributed by atoms with E-state index >= 15 is 0 Å². The van der Waals surface area contributed by atoms with Gasteiger partial charge in [-0.2, -0.15) is 0 Å². The van der Waals surface area contributed by atoms with Crippen molar-refractivity contribution in [2.75, 3.05) is 0 Å². The Morgan fingerprint density at radius 3 is 2.53 bits per heavy atom. The molecule has 0 spiro atoms. The minimum Gasteiger partial charge on any atom is -0.490 e. The second-order valence-corrected chi connectivity index (χ2v) is 3.80. The van der Waals surface area contributed by atoms with Gasteiger partial charge in [0.15, 0.2) is 0 Å². The third-order valence-electron chi connectivity index (χ3n) is 1.92. The van der Waals surface area contributed by atoms with Gasteiger partial charge in [-0.1, -0.05) is 0 Å². The molecule has 82 valence electrons. The summed E-state index contributed by atoms with van der Waals surface area (Å²) in [4.78, 5) is 4.26. The highest BCUT2D eigenvalue weighted by Gasteiger charge is 2.13. The number of nitrogens with one attached hydrogen (secondary N) is 1. The lowest BCUT2D eigenvalue weighted by Crippen LogP contribution is -2.18. The highest BCUT2D eigenvalue weighted by molar-refractivity contribution is 5.98. The first-order valence-corrected chi connectivity index (χ1v) is 4.91. The van der Waals surface area contributed by atoms with Crippen LogP contribution in [0.1, 0.15) is 30.8 Å². The minimum atomic E-state index is -0.00403. The van der Waals surface area contributed by atoms with E-state index in [0.29, 0.717) is 11.3 Å². The molecule has 1 aromatic heterocycles. The van der Waals surface area contributed by atoms with Crippen molar-refractivity contribution in [3.8, 4) is 5.75 Å². The number of nitrogen functional groups attached to an aromatic ring is 1. The molecule has 0 aromatic carbocycles. The van der Waals surface area contributed by atoms with Crippen molar-refractivity contribution in [3.63, 3.8) is 0 Å². The molecule has 0 saturated heterocycles. The zero-order valence-corrected chi connectivity index (χ0v) is 9.59. The van der Waals surface area contributed by atoms with Crippen LogP contribution in [0, 0.1) is 19.3 Å². The number of amidine groups is 1. The van der Waals surface area contributed by atoms with Crippen molar-refractivity contribution in [3.05, 3.63) is 23.0 Å². The summed E-state index contributed by atoms with van der Waals surface area (Å²) in [6.45, 7) is 7.60. The number of rotatable bonds is 3. The molecule has 4 nitrogen and oxygen atoms in total. The molecule has 4 heteroatoms. The Morgan fingerprint density at radius 2 is 2.07 bits per heavy atom. The number of pyridine rings is 1. The fraction of sp³-hybridized carbons (Fsp3) is 0.455. The molecule has 0 saturated carbocycles. The Bertz CT molecular complexity index is 386. The number of nitrogens with two attached hydrogens (primary N) is 1. The number of aryl methyl sites for hydroxylation is 2. The van der Waals surface area contributed by atoms with Crippen molar-refractivity contribution >= 4 is 5.84 Å². The lowest BCUT2D eigenvalue weighted by molar-refractivity contribution is 0.241. The summed E-state index contributed by atoms with van der Waals surface area (Å²) in [5.74, 6) is 0.637. The monoisotopic (exact) mass is 207 g/mol. The van der Waals surface area contributed by atoms with Gasteiger partial charge in [-0.05, 0) is 27.7 Å². The molecule has 1 aromatic rings. The minimum absolute atomic E-state index is 0.00403. The van der Waals surface area contributed by atoms with Crippen LogP contribution >= 0.6 is 0 Å². The predicted molar refractivity (Wildman–Crippen MR) is 60.5 cm³/mol. The van der Waals surface area contributed by atoms with Gasteiger partial charge in [-0.15, -0.1) is 0 Å². The molecular formula is C11H17N3O. The van der Waals surface area contributed by atoms with Crippen molar-refractivity contribution < 1.29 is 4.74 Å². The summed E-state index contributed by atoms with van der Waals surface area (Å²) in [5, 5.41) is 7.49. The molecule has 1 rings (SSSR count). The summed E-state index contributed by atoms with van der Waals surface area (Å²) in [7, 11) is 0. The first-order valence-electron chi connectivity index (χ1n) is 4.91. The van der Waals surface area contributed by atoms with Crippen LogP contribution in [0.15, 0.2) is 6.07 Å². The number of hydrogen-bond donors (Lipinski definition) is 2. The van der Waals surface area contributed by atoms with Crippen molar-refractivity contribution in [1.29, 1.82) is 5.41 Å². The molecule has 0 atom stereocenters. The van der Waals surface area contributed by atoms with E-state index < -0.39 is 0 Å². The normalized spacial score (nSPS) is 10.5. The van der Waals surface area contributed by atoms with Crippen LogP contribution in [0.2, 0.25) is 0 Å². The number of aromatic nitrogens is 1. The standard InChI is InChI=1S/C11H17N3O/c1-6(2)15-9-5-7(3)14-8(4)10(9)11(12)13/h5-6H,1-4H3,(H3,12,13). The lowest BCUT2D eigenvalue weighted by Gasteiger charge is -2.15. The summed E-state index contributed by atoms with van der Waals surface area (Å²) in [6.07, 6.45) is 0.0595. The van der Waals surface area contributed by atoms with E-state index in [2.05, 4.69) is 4.98 Å². The Balaban J connectivity index is 3.27. The number of nitrogens with zero attached hydrogens (tertiary/aromatic N) is 1. The zero-order chi connectivity index (χ0) is 11.6. The van der Waals surface area contributed by atoms with E-state index in [0.717, 1.165) is 11.4 Å². The quantitative estimate of drug-likeness (QED) is 0.586. The van der Waals surface area contributed by atoms with Crippen LogP contribution in [-0.2, 0) is 0 Å². The third-order valence-corrected chi connectivity index (χ3v) is 1.92. The Morgan fingerprint density at radius 1 is 1.47 bits per heavy atom. The van der Waals surface area contributed by atoms with Crippen molar-refractivity contribution in [2.24, 2.45) is 5.73 Å². The fourth-order valence-electron chi connectivity index (χ4n) is 1.47. The zero-order valence-electron chi connectivity index (χ0n) is 9.59. The van der Waals surface area contributed by atoms with Crippen LogP contribution in [0.4, 0.5) is 0 Å². The van der Waals surface area contributed by atoms with Crippen LogP contribution in [0.5, 0.6) is 5.75 Å². The molecule has 1 heterocycles. The van der Waals surface area contributed by atoms with Crippen LogP contribution in [-0.4, -0.2) is 16.9 Å². The highest BCUT2D eigenvalue weighted by atomic mass is 16.5. The van der Waals surface area contributed by atoms with E-state index in [-0.39, 0.29) is 11.9 Å². The van der Waals surface area contributed by atoms with Crippen molar-refractivity contribution in [1.82, 2.24) is 4.98 Å². The molecule has 3 N–H and O–H groups in total. The summed E-state index contributed by atoms with van der Waals surface area (Å²) in [6, 6.07) is 1.81. The maximum Gasteiger partial charge on any atom is 0.134 e. The topological polar surface area (TPSA) is 72.0 Å². The maximum absolute atomic E-state index is 7.49. The summed E-state index contributed by atoms with van der Waals surface area (Å²) in [5.41, 5.74) is 7.70. The Hall–Kier alpha value is -1.58. The van der Waals surface area contributed by atoms with Crippen LogP contribution in [0.3, 0.4) is 0 Å². The first-order chi connectivity index (χ1) is 6.91. The van der Waals surface area contributed by atoms with Gasteiger partial charge in [0.05, 0.1) is 17.4 Å². The Labute approximate surface area is 90.0 Å². The lowest BCUT2D eigenvalue weighted by atomic mass is 10.1. The number of hydrogen-bond acceptors (Lipinski definition) is 3. The van der Waals surface area contributed by atoms with Gasteiger partial charge in [0.1, 0.15) is 11.6 Å². The smallest absolute Gasteiger partial charge is 0.134 e. The van der Waals surface area contributed by atoms with Gasteiger partial charge < -0.3 is 10.5 Å². The average Bonchev–Trinajstić information content (AvgIpc) is 1.99. The Kier molecular flexibility index (Phi) is 3.29. The first kappa shape index (κ1) is 11.5. The molecule has 0 aliphatic heterocycles. The summed E-state index contributed by atoms with van der Waals surface area (Å²) < 4.78 is 5.61. The molecule has 0 unspecified atom stereocenters. The third kappa shape index (κ3) is 2.68. The molecule has 0 aliphatic carbocycles. The van der Waals surface area contributed by atoms with E-state index in [4.69, 9.17) is 15.9 Å². The predicted octanol–water partition coefficient (Wildman–Crippen LogP) is 1.77. The van der Waals surface area contributed by atoms with E-state index in [1.54, 1.807) is 0 Å². The molecular weight excluding hydrogens is 190 g/mol. The molecule has 0 bridgehead atoms. The summed E-state index contributed by atoms with van der Waals surface area (Å²) >= 11 is 0. The van der Waals surface area contributed by atoms with Crippen LogP contribution in [0.25, 0.3) is 0 Å². The van der Waals surface area contributed by atoms with E-state index in [1.807, 2.05) is 33.8 Å². The van der Waals surface area contributed by atoms with E-state index in [9.17, 15) is 0 Å². The van der Waals surface area contributed by atoms with Gasteiger partial charge in [-0.3, -0.25) is 10.4 Å². The second kappa shape index (κ2) is 4.29. The molecule has 0 fully saturated rings. The van der Waals surface area contributed by atoms with E-state index in [1.165, 1.54) is 0 Å².